The summed E-state index contributed by atoms with van der Waals surface area (Å²) in [7, 11) is 0. The van der Waals surface area contributed by atoms with Gasteiger partial charge in [-0.25, -0.2) is 4.98 Å². The summed E-state index contributed by atoms with van der Waals surface area (Å²) in [5.74, 6) is -0.0502. The van der Waals surface area contributed by atoms with Crippen LogP contribution in [-0.4, -0.2) is 54.2 Å². The van der Waals surface area contributed by atoms with Crippen LogP contribution in [0.4, 0.5) is 0 Å². The predicted octanol–water partition coefficient (Wildman–Crippen LogP) is 3.80. The standard InChI is InChI=1S/C22H25N3O2S/c1-15-13-25(14-16(2)27-15)10-9-23-22(26)18-12-20(21-8-5-11-28-21)24-19-7-4-3-6-17(18)19/h3-8,11-12,15-16H,9-10,13-14H2,1-2H3,(H,23,26). The number of carbonyl (C=O) groups excluding carboxylic acids is 1. The minimum absolute atomic E-state index is 0.0502. The number of carbonyl (C=O) groups is 1. The van der Waals surface area contributed by atoms with Crippen molar-refractivity contribution in [2.75, 3.05) is 26.2 Å². The Morgan fingerprint density at radius 1 is 1.21 bits per heavy atom. The third-order valence-corrected chi connectivity index (χ3v) is 5.84. The van der Waals surface area contributed by atoms with Gasteiger partial charge in [-0.1, -0.05) is 24.3 Å². The molecule has 2 unspecified atom stereocenters. The monoisotopic (exact) mass is 395 g/mol. The van der Waals surface area contributed by atoms with E-state index < -0.39 is 0 Å². The smallest absolute Gasteiger partial charge is 0.252 e. The van der Waals surface area contributed by atoms with Crippen molar-refractivity contribution in [2.24, 2.45) is 0 Å². The minimum atomic E-state index is -0.0502. The van der Waals surface area contributed by atoms with E-state index in [2.05, 4.69) is 24.1 Å². The lowest BCUT2D eigenvalue weighted by Gasteiger charge is -2.35. The summed E-state index contributed by atoms with van der Waals surface area (Å²) in [6.07, 6.45) is 0.467. The highest BCUT2D eigenvalue weighted by Crippen LogP contribution is 2.27. The van der Waals surface area contributed by atoms with E-state index in [1.54, 1.807) is 11.3 Å². The summed E-state index contributed by atoms with van der Waals surface area (Å²) in [4.78, 5) is 21.1. The molecule has 5 nitrogen and oxygen atoms in total. The van der Waals surface area contributed by atoms with E-state index in [0.29, 0.717) is 12.1 Å². The average molecular weight is 396 g/mol. The highest BCUT2D eigenvalue weighted by atomic mass is 32.1. The van der Waals surface area contributed by atoms with Crippen LogP contribution >= 0.6 is 11.3 Å². The van der Waals surface area contributed by atoms with Crippen LogP contribution in [0.15, 0.2) is 47.8 Å². The van der Waals surface area contributed by atoms with Crippen LogP contribution in [0.3, 0.4) is 0 Å². The molecule has 1 fully saturated rings. The highest BCUT2D eigenvalue weighted by Gasteiger charge is 2.22. The number of morpholine rings is 1. The fourth-order valence-corrected chi connectivity index (χ4v) is 4.49. The van der Waals surface area contributed by atoms with Crippen molar-refractivity contribution in [2.45, 2.75) is 26.1 Å². The Kier molecular flexibility index (Phi) is 5.71. The first kappa shape index (κ1) is 19.1. The second-order valence-corrected chi connectivity index (χ2v) is 8.27. The normalized spacial score (nSPS) is 20.4. The van der Waals surface area contributed by atoms with Crippen molar-refractivity contribution in [3.63, 3.8) is 0 Å². The number of fused-ring (bicyclic) bond motifs is 1. The molecule has 0 bridgehead atoms. The molecule has 2 atom stereocenters. The maximum atomic E-state index is 13.0. The maximum Gasteiger partial charge on any atom is 0.252 e. The fourth-order valence-electron chi connectivity index (χ4n) is 3.80. The minimum Gasteiger partial charge on any atom is -0.373 e. The number of para-hydroxylation sites is 1. The summed E-state index contributed by atoms with van der Waals surface area (Å²) < 4.78 is 5.77. The predicted molar refractivity (Wildman–Crippen MR) is 114 cm³/mol. The summed E-state index contributed by atoms with van der Waals surface area (Å²) in [6.45, 7) is 7.43. The molecule has 1 aliphatic heterocycles. The Balaban J connectivity index is 1.50. The van der Waals surface area contributed by atoms with Crippen molar-refractivity contribution in [3.05, 3.63) is 53.4 Å². The van der Waals surface area contributed by atoms with Gasteiger partial charge in [0.25, 0.3) is 5.91 Å². The molecule has 2 aromatic heterocycles. The van der Waals surface area contributed by atoms with Gasteiger partial charge in [0.2, 0.25) is 0 Å². The fraction of sp³-hybridized carbons (Fsp3) is 0.364. The third-order valence-electron chi connectivity index (χ3n) is 4.94. The second-order valence-electron chi connectivity index (χ2n) is 7.32. The Bertz CT molecular complexity index is 948. The van der Waals surface area contributed by atoms with Crippen LogP contribution in [0, 0.1) is 0 Å². The Morgan fingerprint density at radius 2 is 2.00 bits per heavy atom. The number of thiophene rings is 1. The second kappa shape index (κ2) is 8.39. The summed E-state index contributed by atoms with van der Waals surface area (Å²) in [5, 5.41) is 6.00. The zero-order valence-corrected chi connectivity index (χ0v) is 17.0. The maximum absolute atomic E-state index is 13.0. The number of pyridine rings is 1. The van der Waals surface area contributed by atoms with Crippen molar-refractivity contribution in [3.8, 4) is 10.6 Å². The molecule has 0 saturated carbocycles. The number of hydrogen-bond donors (Lipinski definition) is 1. The van der Waals surface area contributed by atoms with Gasteiger partial charge in [0.1, 0.15) is 0 Å². The van der Waals surface area contributed by atoms with E-state index in [1.807, 2.05) is 47.8 Å². The molecule has 1 aliphatic rings. The van der Waals surface area contributed by atoms with Crippen LogP contribution in [0.1, 0.15) is 24.2 Å². The van der Waals surface area contributed by atoms with Crippen LogP contribution in [-0.2, 0) is 4.74 Å². The molecule has 0 aliphatic carbocycles. The van der Waals surface area contributed by atoms with Crippen molar-refractivity contribution in [1.82, 2.24) is 15.2 Å². The van der Waals surface area contributed by atoms with E-state index in [4.69, 9.17) is 9.72 Å². The first-order valence-electron chi connectivity index (χ1n) is 9.70. The van der Waals surface area contributed by atoms with Gasteiger partial charge in [-0.15, -0.1) is 11.3 Å². The average Bonchev–Trinajstić information content (AvgIpc) is 3.21. The van der Waals surface area contributed by atoms with Crippen molar-refractivity contribution >= 4 is 28.1 Å². The van der Waals surface area contributed by atoms with Gasteiger partial charge in [0, 0.05) is 31.6 Å². The van der Waals surface area contributed by atoms with Gasteiger partial charge < -0.3 is 10.1 Å². The Hall–Kier alpha value is -2.28. The molecule has 4 rings (SSSR count). The SMILES string of the molecule is CC1CN(CCNC(=O)c2cc(-c3cccs3)nc3ccccc23)CC(C)O1. The quantitative estimate of drug-likeness (QED) is 0.714. The van der Waals surface area contributed by atoms with E-state index >= 15 is 0 Å². The molecule has 3 aromatic rings. The lowest BCUT2D eigenvalue weighted by Crippen LogP contribution is -2.47. The molecule has 0 radical (unpaired) electrons. The first-order chi connectivity index (χ1) is 13.6. The number of nitrogens with zero attached hydrogens (tertiary/aromatic N) is 2. The van der Waals surface area contributed by atoms with Crippen LogP contribution in [0.5, 0.6) is 0 Å². The van der Waals surface area contributed by atoms with Gasteiger partial charge in [0.05, 0.1) is 33.9 Å². The molecular weight excluding hydrogens is 370 g/mol. The molecule has 146 valence electrons. The number of aromatic nitrogens is 1. The van der Waals surface area contributed by atoms with Gasteiger partial charge in [-0.05, 0) is 37.4 Å². The molecule has 1 amide bonds. The molecule has 6 heteroatoms. The zero-order valence-electron chi connectivity index (χ0n) is 16.2. The Labute approximate surface area is 169 Å². The summed E-state index contributed by atoms with van der Waals surface area (Å²) in [6, 6.07) is 13.8. The number of nitrogens with one attached hydrogen (secondary N) is 1. The van der Waals surface area contributed by atoms with E-state index in [-0.39, 0.29) is 18.1 Å². The van der Waals surface area contributed by atoms with Crippen molar-refractivity contribution < 1.29 is 9.53 Å². The van der Waals surface area contributed by atoms with E-state index in [1.165, 1.54) is 0 Å². The van der Waals surface area contributed by atoms with E-state index in [0.717, 1.165) is 41.1 Å². The number of amides is 1. The molecule has 1 N–H and O–H groups in total. The molecule has 28 heavy (non-hydrogen) atoms. The van der Waals surface area contributed by atoms with Gasteiger partial charge in [-0.2, -0.15) is 0 Å². The first-order valence-corrected chi connectivity index (χ1v) is 10.6. The summed E-state index contributed by atoms with van der Waals surface area (Å²) >= 11 is 1.63. The lowest BCUT2D eigenvalue weighted by atomic mass is 10.1. The van der Waals surface area contributed by atoms with E-state index in [9.17, 15) is 4.79 Å². The molecular formula is C22H25N3O2S. The molecule has 3 heterocycles. The summed E-state index contributed by atoms with van der Waals surface area (Å²) in [5.41, 5.74) is 2.36. The molecule has 1 aromatic carbocycles. The molecule has 1 saturated heterocycles. The topological polar surface area (TPSA) is 54.5 Å². The van der Waals surface area contributed by atoms with Crippen LogP contribution in [0.2, 0.25) is 0 Å². The van der Waals surface area contributed by atoms with Crippen molar-refractivity contribution in [1.29, 1.82) is 0 Å². The number of ether oxygens (including phenoxy) is 1. The van der Waals surface area contributed by atoms with Gasteiger partial charge >= 0.3 is 0 Å². The zero-order chi connectivity index (χ0) is 19.5. The van der Waals surface area contributed by atoms with Gasteiger partial charge in [-0.3, -0.25) is 9.69 Å². The van der Waals surface area contributed by atoms with Crippen LogP contribution < -0.4 is 5.32 Å². The largest absolute Gasteiger partial charge is 0.373 e. The third kappa shape index (κ3) is 4.24. The number of hydrogen-bond acceptors (Lipinski definition) is 5. The number of rotatable bonds is 5. The number of benzene rings is 1. The highest BCUT2D eigenvalue weighted by molar-refractivity contribution is 7.13. The molecule has 0 spiro atoms. The lowest BCUT2D eigenvalue weighted by molar-refractivity contribution is -0.0672. The van der Waals surface area contributed by atoms with Gasteiger partial charge in [0.15, 0.2) is 0 Å². The Morgan fingerprint density at radius 3 is 2.75 bits per heavy atom. The van der Waals surface area contributed by atoms with Crippen LogP contribution in [0.25, 0.3) is 21.5 Å².